The summed E-state index contributed by atoms with van der Waals surface area (Å²) < 4.78 is 5.04. The minimum Gasteiger partial charge on any atom is -0.472 e. The zero-order valence-electron chi connectivity index (χ0n) is 10.3. The molecule has 0 spiro atoms. The van der Waals surface area contributed by atoms with Crippen LogP contribution in [0.4, 0.5) is 0 Å². The van der Waals surface area contributed by atoms with Crippen molar-refractivity contribution in [3.05, 3.63) is 24.2 Å². The molecule has 90 valence electrons. The monoisotopic (exact) mass is 222 g/mol. The predicted octanol–water partition coefficient (Wildman–Crippen LogP) is 2.15. The van der Waals surface area contributed by atoms with E-state index in [2.05, 4.69) is 24.5 Å². The number of hydrogen-bond acceptors (Lipinski definition) is 3. The first-order valence-electron chi connectivity index (χ1n) is 6.14. The number of nitrogens with one attached hydrogen (secondary N) is 2. The van der Waals surface area contributed by atoms with Gasteiger partial charge in [-0.05, 0) is 30.9 Å². The molecule has 0 aromatic carbocycles. The van der Waals surface area contributed by atoms with E-state index in [-0.39, 0.29) is 0 Å². The van der Waals surface area contributed by atoms with Crippen LogP contribution < -0.4 is 10.6 Å². The molecule has 0 bridgehead atoms. The highest BCUT2D eigenvalue weighted by Gasteiger charge is 2.31. The highest BCUT2D eigenvalue weighted by molar-refractivity contribution is 5.04. The Labute approximate surface area is 97.6 Å². The van der Waals surface area contributed by atoms with Gasteiger partial charge >= 0.3 is 0 Å². The summed E-state index contributed by atoms with van der Waals surface area (Å²) in [6.07, 6.45) is 6.13. The molecule has 3 heteroatoms. The molecule has 2 heterocycles. The van der Waals surface area contributed by atoms with Crippen LogP contribution in [0.5, 0.6) is 0 Å². The molecule has 0 saturated carbocycles. The molecule has 1 aliphatic rings. The average molecular weight is 222 g/mol. The van der Waals surface area contributed by atoms with Crippen LogP contribution >= 0.6 is 0 Å². The third-order valence-electron chi connectivity index (χ3n) is 3.59. The molecule has 0 amide bonds. The smallest absolute Gasteiger partial charge is 0.0947 e. The van der Waals surface area contributed by atoms with Gasteiger partial charge in [0.25, 0.3) is 0 Å². The first-order valence-corrected chi connectivity index (χ1v) is 6.14. The van der Waals surface area contributed by atoms with E-state index in [4.69, 9.17) is 4.42 Å². The quantitative estimate of drug-likeness (QED) is 0.819. The molecule has 1 atom stereocenters. The van der Waals surface area contributed by atoms with Gasteiger partial charge < -0.3 is 15.1 Å². The highest BCUT2D eigenvalue weighted by Crippen LogP contribution is 2.29. The summed E-state index contributed by atoms with van der Waals surface area (Å²) in [4.78, 5) is 0. The van der Waals surface area contributed by atoms with Crippen molar-refractivity contribution in [2.75, 3.05) is 13.1 Å². The van der Waals surface area contributed by atoms with Gasteiger partial charge in [0.1, 0.15) is 0 Å². The van der Waals surface area contributed by atoms with Crippen molar-refractivity contribution in [2.24, 2.45) is 5.41 Å². The standard InChI is InChI=1S/C13H22N2O/c1-13(2)5-3-6-15-12(13)9-14-8-11-4-7-16-10-11/h4,7,10,12,14-15H,3,5-6,8-9H2,1-2H3. The zero-order chi connectivity index (χ0) is 11.4. The van der Waals surface area contributed by atoms with Crippen LogP contribution in [0.2, 0.25) is 0 Å². The molecule has 16 heavy (non-hydrogen) atoms. The highest BCUT2D eigenvalue weighted by atomic mass is 16.3. The van der Waals surface area contributed by atoms with Gasteiger partial charge in [0.05, 0.1) is 12.5 Å². The SMILES string of the molecule is CC1(C)CCCNC1CNCc1ccoc1. The second-order valence-electron chi connectivity index (χ2n) is 5.36. The summed E-state index contributed by atoms with van der Waals surface area (Å²) in [5.74, 6) is 0. The molecular weight excluding hydrogens is 200 g/mol. The first-order chi connectivity index (χ1) is 7.68. The van der Waals surface area contributed by atoms with Gasteiger partial charge in [-0.2, -0.15) is 0 Å². The van der Waals surface area contributed by atoms with Crippen LogP contribution in [0.25, 0.3) is 0 Å². The number of piperidine rings is 1. The van der Waals surface area contributed by atoms with Crippen LogP contribution in [0, 0.1) is 5.41 Å². The lowest BCUT2D eigenvalue weighted by Gasteiger charge is -2.39. The Bertz CT molecular complexity index is 306. The molecule has 1 saturated heterocycles. The third kappa shape index (κ3) is 2.86. The summed E-state index contributed by atoms with van der Waals surface area (Å²) in [6.45, 7) is 7.77. The molecule has 0 aliphatic carbocycles. The number of furan rings is 1. The van der Waals surface area contributed by atoms with Crippen molar-refractivity contribution in [3.63, 3.8) is 0 Å². The van der Waals surface area contributed by atoms with Crippen LogP contribution in [-0.4, -0.2) is 19.1 Å². The lowest BCUT2D eigenvalue weighted by molar-refractivity contribution is 0.176. The summed E-state index contributed by atoms with van der Waals surface area (Å²) in [7, 11) is 0. The fourth-order valence-electron chi connectivity index (χ4n) is 2.37. The Hall–Kier alpha value is -0.800. The van der Waals surface area contributed by atoms with Gasteiger partial charge in [0, 0.05) is 24.7 Å². The van der Waals surface area contributed by atoms with Crippen molar-refractivity contribution in [2.45, 2.75) is 39.3 Å². The van der Waals surface area contributed by atoms with E-state index < -0.39 is 0 Å². The van der Waals surface area contributed by atoms with E-state index in [9.17, 15) is 0 Å². The fraction of sp³-hybridized carbons (Fsp3) is 0.692. The fourth-order valence-corrected chi connectivity index (χ4v) is 2.37. The lowest BCUT2D eigenvalue weighted by atomic mass is 9.77. The van der Waals surface area contributed by atoms with E-state index in [1.807, 2.05) is 6.07 Å². The predicted molar refractivity (Wildman–Crippen MR) is 65.2 cm³/mol. The van der Waals surface area contributed by atoms with Gasteiger partial charge in [-0.1, -0.05) is 13.8 Å². The lowest BCUT2D eigenvalue weighted by Crippen LogP contribution is -2.51. The Balaban J connectivity index is 1.76. The van der Waals surface area contributed by atoms with E-state index in [0.717, 1.165) is 19.6 Å². The summed E-state index contributed by atoms with van der Waals surface area (Å²) in [6, 6.07) is 2.58. The van der Waals surface area contributed by atoms with E-state index >= 15 is 0 Å². The molecular formula is C13H22N2O. The van der Waals surface area contributed by atoms with E-state index in [1.54, 1.807) is 12.5 Å². The summed E-state index contributed by atoms with van der Waals surface area (Å²) >= 11 is 0. The van der Waals surface area contributed by atoms with Gasteiger partial charge in [-0.25, -0.2) is 0 Å². The maximum atomic E-state index is 5.04. The molecule has 1 aromatic heterocycles. The van der Waals surface area contributed by atoms with Crippen molar-refractivity contribution < 1.29 is 4.42 Å². The van der Waals surface area contributed by atoms with Crippen molar-refractivity contribution >= 4 is 0 Å². The molecule has 1 aromatic rings. The van der Waals surface area contributed by atoms with Crippen LogP contribution in [-0.2, 0) is 6.54 Å². The van der Waals surface area contributed by atoms with Crippen LogP contribution in [0.15, 0.2) is 23.0 Å². The first kappa shape index (κ1) is 11.7. The molecule has 1 unspecified atom stereocenters. The molecule has 1 aliphatic heterocycles. The Morgan fingerprint density at radius 2 is 2.44 bits per heavy atom. The zero-order valence-corrected chi connectivity index (χ0v) is 10.3. The number of rotatable bonds is 4. The van der Waals surface area contributed by atoms with Crippen LogP contribution in [0.3, 0.4) is 0 Å². The molecule has 1 fully saturated rings. The topological polar surface area (TPSA) is 37.2 Å². The summed E-state index contributed by atoms with van der Waals surface area (Å²) in [5.41, 5.74) is 1.62. The second-order valence-corrected chi connectivity index (χ2v) is 5.36. The molecule has 3 nitrogen and oxygen atoms in total. The average Bonchev–Trinajstić information content (AvgIpc) is 2.73. The van der Waals surface area contributed by atoms with Crippen molar-refractivity contribution in [1.82, 2.24) is 10.6 Å². The Kier molecular flexibility index (Phi) is 3.66. The minimum absolute atomic E-state index is 0.404. The van der Waals surface area contributed by atoms with Crippen molar-refractivity contribution in [3.8, 4) is 0 Å². The third-order valence-corrected chi connectivity index (χ3v) is 3.59. The molecule has 2 N–H and O–H groups in total. The van der Waals surface area contributed by atoms with E-state index in [0.29, 0.717) is 11.5 Å². The van der Waals surface area contributed by atoms with Crippen molar-refractivity contribution in [1.29, 1.82) is 0 Å². The largest absolute Gasteiger partial charge is 0.472 e. The van der Waals surface area contributed by atoms with Gasteiger partial charge in [0.15, 0.2) is 0 Å². The molecule has 0 radical (unpaired) electrons. The van der Waals surface area contributed by atoms with E-state index in [1.165, 1.54) is 18.4 Å². The summed E-state index contributed by atoms with van der Waals surface area (Å²) in [5, 5.41) is 7.09. The Morgan fingerprint density at radius 1 is 1.56 bits per heavy atom. The second kappa shape index (κ2) is 5.02. The van der Waals surface area contributed by atoms with Gasteiger partial charge in [-0.15, -0.1) is 0 Å². The van der Waals surface area contributed by atoms with Crippen LogP contribution in [0.1, 0.15) is 32.3 Å². The minimum atomic E-state index is 0.404. The van der Waals surface area contributed by atoms with Gasteiger partial charge in [0.2, 0.25) is 0 Å². The Morgan fingerprint density at radius 3 is 3.12 bits per heavy atom. The number of hydrogen-bond donors (Lipinski definition) is 2. The maximum Gasteiger partial charge on any atom is 0.0947 e. The molecule has 2 rings (SSSR count). The van der Waals surface area contributed by atoms with Gasteiger partial charge in [-0.3, -0.25) is 0 Å². The normalized spacial score (nSPS) is 24.5. The maximum absolute atomic E-state index is 5.04.